The van der Waals surface area contributed by atoms with Gasteiger partial charge in [-0.05, 0) is 64.7 Å². The smallest absolute Gasteiger partial charge is 0.410 e. The van der Waals surface area contributed by atoms with Crippen molar-refractivity contribution in [2.45, 2.75) is 58.1 Å². The molecule has 10 heteroatoms. The van der Waals surface area contributed by atoms with Crippen LogP contribution in [0.3, 0.4) is 0 Å². The average Bonchev–Trinajstić information content (AvgIpc) is 2.92. The van der Waals surface area contributed by atoms with Gasteiger partial charge in [-0.2, -0.15) is 0 Å². The highest BCUT2D eigenvalue weighted by atomic mass is 35.5. The number of rotatable bonds is 4. The molecule has 0 atom stereocenters. The molecule has 39 heavy (non-hydrogen) atoms. The molecular formula is C29H36ClN6O3+. The molecule has 3 aromatic heterocycles. The molecule has 2 amide bonds. The number of anilines is 1. The van der Waals surface area contributed by atoms with Crippen molar-refractivity contribution in [2.24, 2.45) is 5.92 Å². The van der Waals surface area contributed by atoms with Gasteiger partial charge in [-0.15, -0.1) is 0 Å². The zero-order valence-corrected chi connectivity index (χ0v) is 23.5. The van der Waals surface area contributed by atoms with Crippen LogP contribution in [0, 0.1) is 5.92 Å². The quantitative estimate of drug-likeness (QED) is 0.479. The van der Waals surface area contributed by atoms with Gasteiger partial charge < -0.3 is 19.9 Å². The molecule has 0 aromatic carbocycles. The zero-order chi connectivity index (χ0) is 27.6. The maximum Gasteiger partial charge on any atom is 0.410 e. The lowest BCUT2D eigenvalue weighted by Crippen LogP contribution is -2.50. The number of piperidine rings is 2. The van der Waals surface area contributed by atoms with Gasteiger partial charge >= 0.3 is 6.09 Å². The van der Waals surface area contributed by atoms with E-state index in [4.69, 9.17) is 21.3 Å². The molecule has 2 fully saturated rings. The van der Waals surface area contributed by atoms with E-state index >= 15 is 0 Å². The fraction of sp³-hybridized carbons (Fsp3) is 0.483. The summed E-state index contributed by atoms with van der Waals surface area (Å²) in [5, 5.41) is 5.80. The van der Waals surface area contributed by atoms with Crippen LogP contribution in [0.1, 0.15) is 46.5 Å². The van der Waals surface area contributed by atoms with E-state index < -0.39 is 5.60 Å². The molecule has 2 N–H and O–H groups in total. The normalized spacial score (nSPS) is 17.3. The first-order valence-corrected chi connectivity index (χ1v) is 14.0. The van der Waals surface area contributed by atoms with E-state index in [9.17, 15) is 9.59 Å². The number of likely N-dealkylation sites (tertiary alicyclic amines) is 1. The summed E-state index contributed by atoms with van der Waals surface area (Å²) in [6, 6.07) is 7.91. The highest BCUT2D eigenvalue weighted by molar-refractivity contribution is 6.29. The van der Waals surface area contributed by atoms with Crippen LogP contribution in [0.25, 0.3) is 22.0 Å². The zero-order valence-electron chi connectivity index (χ0n) is 22.7. The largest absolute Gasteiger partial charge is 0.444 e. The number of aromatic nitrogens is 3. The van der Waals surface area contributed by atoms with Crippen LogP contribution in [0.15, 0.2) is 42.9 Å². The molecule has 0 saturated carbocycles. The van der Waals surface area contributed by atoms with Crippen LogP contribution >= 0.6 is 11.6 Å². The summed E-state index contributed by atoms with van der Waals surface area (Å²) in [5.41, 5.74) is 1.23. The third kappa shape index (κ3) is 6.58. The number of nitrogens with zero attached hydrogens (tertiary/aromatic N) is 4. The first-order chi connectivity index (χ1) is 18.7. The van der Waals surface area contributed by atoms with E-state index in [1.54, 1.807) is 11.1 Å². The number of aromatic amines is 1. The molecule has 0 bridgehead atoms. The van der Waals surface area contributed by atoms with Crippen molar-refractivity contribution in [1.82, 2.24) is 20.2 Å². The topological polar surface area (TPSA) is 102 Å². The fourth-order valence-electron chi connectivity index (χ4n) is 5.28. The molecule has 9 nitrogen and oxygen atoms in total. The number of halogens is 1. The van der Waals surface area contributed by atoms with Crippen LogP contribution in [0.4, 0.5) is 10.6 Å². The van der Waals surface area contributed by atoms with Gasteiger partial charge in [0.1, 0.15) is 16.6 Å². The molecule has 0 radical (unpaired) electrons. The molecule has 0 spiro atoms. The van der Waals surface area contributed by atoms with Gasteiger partial charge in [-0.25, -0.2) is 19.7 Å². The minimum Gasteiger partial charge on any atom is -0.444 e. The number of carbonyl (C=O) groups excluding carboxylic acids is 2. The summed E-state index contributed by atoms with van der Waals surface area (Å²) in [6.45, 7) is 8.28. The molecule has 5 rings (SSSR count). The number of ether oxygens (including phenoxy) is 1. The third-order valence-electron chi connectivity index (χ3n) is 7.34. The monoisotopic (exact) mass is 551 g/mol. The van der Waals surface area contributed by atoms with Crippen molar-refractivity contribution in [3.8, 4) is 11.3 Å². The standard InChI is InChI=1S/C29H35ClN6O3/c1-29(2,3)39-28(38)36-14-8-22(9-15-36)33-27(37)19-6-12-35(13-7-19)26-23-5-10-31-18-21(23)16-24(34-26)20-4-11-32-25(30)17-20/h4-5,10-11,16-19,22H,6-9,12-15H2,1-3H3,(H,33,37)/p+1. The first-order valence-electron chi connectivity index (χ1n) is 13.6. The number of pyridine rings is 3. The SMILES string of the molecule is CC(C)(C)OC(=O)N1CCC(NC(=O)C2CCN(c3nc(-c4ccnc(Cl)c4)cc4c[nH+]ccc34)CC2)CC1. The molecule has 0 aliphatic carbocycles. The van der Waals surface area contributed by atoms with Gasteiger partial charge in [-0.3, -0.25) is 4.79 Å². The molecule has 2 aliphatic rings. The Bertz CT molecular complexity index is 1340. The summed E-state index contributed by atoms with van der Waals surface area (Å²) in [5.74, 6) is 0.989. The maximum absolute atomic E-state index is 13.1. The molecule has 5 heterocycles. The Morgan fingerprint density at radius 1 is 1.08 bits per heavy atom. The van der Waals surface area contributed by atoms with Crippen LogP contribution < -0.4 is 15.2 Å². The second-order valence-electron chi connectivity index (χ2n) is 11.4. The first kappa shape index (κ1) is 27.1. The Kier molecular flexibility index (Phi) is 7.88. The number of H-pyrrole nitrogens is 1. The second-order valence-corrected chi connectivity index (χ2v) is 11.7. The van der Waals surface area contributed by atoms with Crippen LogP contribution in [-0.4, -0.2) is 64.7 Å². The van der Waals surface area contributed by atoms with Gasteiger partial charge in [0.05, 0.1) is 11.1 Å². The summed E-state index contributed by atoms with van der Waals surface area (Å²) >= 11 is 6.14. The Morgan fingerprint density at radius 3 is 2.51 bits per heavy atom. The minimum absolute atomic E-state index is 0.0353. The van der Waals surface area contributed by atoms with Crippen molar-refractivity contribution in [3.63, 3.8) is 0 Å². The number of hydrogen-bond acceptors (Lipinski definition) is 6. The Hall–Kier alpha value is -3.46. The number of hydrogen-bond donors (Lipinski definition) is 1. The Morgan fingerprint density at radius 2 is 1.82 bits per heavy atom. The van der Waals surface area contributed by atoms with Gasteiger partial charge in [0.25, 0.3) is 0 Å². The van der Waals surface area contributed by atoms with Crippen molar-refractivity contribution >= 4 is 40.2 Å². The van der Waals surface area contributed by atoms with E-state index in [-0.39, 0.29) is 24.0 Å². The van der Waals surface area contributed by atoms with Crippen molar-refractivity contribution < 1.29 is 19.3 Å². The van der Waals surface area contributed by atoms with Gasteiger partial charge in [-0.1, -0.05) is 11.6 Å². The lowest BCUT2D eigenvalue weighted by atomic mass is 9.94. The Balaban J connectivity index is 1.20. The lowest BCUT2D eigenvalue weighted by molar-refractivity contribution is -0.375. The minimum atomic E-state index is -0.509. The number of fused-ring (bicyclic) bond motifs is 1. The number of carbonyl (C=O) groups is 2. The molecule has 2 saturated heterocycles. The molecular weight excluding hydrogens is 516 g/mol. The fourth-order valence-corrected chi connectivity index (χ4v) is 5.45. The van der Waals surface area contributed by atoms with Gasteiger partial charge in [0, 0.05) is 61.4 Å². The number of nitrogens with one attached hydrogen (secondary N) is 2. The molecule has 0 unspecified atom stereocenters. The van der Waals surface area contributed by atoms with Crippen LogP contribution in [-0.2, 0) is 9.53 Å². The predicted octanol–water partition coefficient (Wildman–Crippen LogP) is 4.50. The summed E-state index contributed by atoms with van der Waals surface area (Å²) in [4.78, 5) is 41.7. The van der Waals surface area contributed by atoms with Crippen molar-refractivity contribution in [2.75, 3.05) is 31.1 Å². The maximum atomic E-state index is 13.1. The summed E-state index contributed by atoms with van der Waals surface area (Å²) < 4.78 is 5.48. The van der Waals surface area contributed by atoms with E-state index in [0.717, 1.165) is 66.6 Å². The van der Waals surface area contributed by atoms with Crippen molar-refractivity contribution in [1.29, 1.82) is 0 Å². The van der Waals surface area contributed by atoms with Crippen LogP contribution in [0.5, 0.6) is 0 Å². The molecule has 206 valence electrons. The van der Waals surface area contributed by atoms with Crippen LogP contribution in [0.2, 0.25) is 5.15 Å². The third-order valence-corrected chi connectivity index (χ3v) is 7.54. The second kappa shape index (κ2) is 11.3. The molecule has 2 aliphatic heterocycles. The summed E-state index contributed by atoms with van der Waals surface area (Å²) in [7, 11) is 0. The predicted molar refractivity (Wildman–Crippen MR) is 150 cm³/mol. The van der Waals surface area contributed by atoms with Gasteiger partial charge in [0.15, 0.2) is 12.4 Å². The molecule has 3 aromatic rings. The highest BCUT2D eigenvalue weighted by Crippen LogP contribution is 2.32. The Labute approximate surface area is 233 Å². The lowest BCUT2D eigenvalue weighted by Gasteiger charge is -2.36. The van der Waals surface area contributed by atoms with E-state index in [1.807, 2.05) is 51.4 Å². The average molecular weight is 552 g/mol. The highest BCUT2D eigenvalue weighted by Gasteiger charge is 2.31. The summed E-state index contributed by atoms with van der Waals surface area (Å²) in [6.07, 6.45) is 8.28. The van der Waals surface area contributed by atoms with E-state index in [2.05, 4.69) is 26.3 Å². The van der Waals surface area contributed by atoms with Crippen molar-refractivity contribution in [3.05, 3.63) is 48.0 Å². The van der Waals surface area contributed by atoms with E-state index in [0.29, 0.717) is 18.2 Å². The number of amides is 2. The van der Waals surface area contributed by atoms with Gasteiger partial charge in [0.2, 0.25) is 5.91 Å². The van der Waals surface area contributed by atoms with E-state index in [1.165, 1.54) is 0 Å².